The lowest BCUT2D eigenvalue weighted by Gasteiger charge is -2.06. The maximum atomic E-state index is 12.0. The Bertz CT molecular complexity index is 440. The van der Waals surface area contributed by atoms with E-state index in [0.717, 1.165) is 4.68 Å². The summed E-state index contributed by atoms with van der Waals surface area (Å²) >= 11 is 0. The van der Waals surface area contributed by atoms with Crippen LogP contribution in [0.2, 0.25) is 0 Å². The van der Waals surface area contributed by atoms with E-state index in [1.807, 2.05) is 0 Å². The summed E-state index contributed by atoms with van der Waals surface area (Å²) in [4.78, 5) is 11.4. The summed E-state index contributed by atoms with van der Waals surface area (Å²) < 4.78 is 41.9. The summed E-state index contributed by atoms with van der Waals surface area (Å²) in [5, 5.41) is 6.99. The van der Waals surface area contributed by atoms with Gasteiger partial charge in [0.1, 0.15) is 6.61 Å². The molecule has 0 aliphatic carbocycles. The molecule has 1 aromatic rings. The minimum absolute atomic E-state index is 0.00762. The molecule has 0 fully saturated rings. The van der Waals surface area contributed by atoms with E-state index >= 15 is 0 Å². The van der Waals surface area contributed by atoms with Crippen LogP contribution in [0.5, 0.6) is 0 Å². The normalized spacial score (nSPS) is 11.3. The maximum absolute atomic E-state index is 12.0. The molecular formula is C10H12F3N3O2. The fraction of sp³-hybridized carbons (Fsp3) is 0.500. The number of hydrogen-bond donors (Lipinski definition) is 0. The Labute approximate surface area is 101 Å². The lowest BCUT2D eigenvalue weighted by molar-refractivity contribution is -0.137. The topological polar surface area (TPSA) is 57.0 Å². The first-order chi connectivity index (χ1) is 8.35. The number of halogens is 3. The molecular weight excluding hydrogens is 251 g/mol. The first kappa shape index (κ1) is 14.2. The van der Waals surface area contributed by atoms with Gasteiger partial charge in [-0.2, -0.15) is 13.2 Å². The van der Waals surface area contributed by atoms with Gasteiger partial charge in [0.25, 0.3) is 0 Å². The number of ether oxygens (including phenoxy) is 1. The van der Waals surface area contributed by atoms with Crippen LogP contribution in [0.15, 0.2) is 12.7 Å². The number of carbonyl (C=O) groups is 1. The molecule has 100 valence electrons. The van der Waals surface area contributed by atoms with Gasteiger partial charge in [0.05, 0.1) is 18.7 Å². The lowest BCUT2D eigenvalue weighted by Crippen LogP contribution is -2.14. The van der Waals surface area contributed by atoms with Gasteiger partial charge in [0.2, 0.25) is 0 Å². The number of alkyl halides is 3. The van der Waals surface area contributed by atoms with Gasteiger partial charge < -0.3 is 4.74 Å². The van der Waals surface area contributed by atoms with E-state index in [2.05, 4.69) is 16.9 Å². The summed E-state index contributed by atoms with van der Waals surface area (Å²) in [6, 6.07) is 0. The average Bonchev–Trinajstić information content (AvgIpc) is 2.64. The van der Waals surface area contributed by atoms with Crippen molar-refractivity contribution in [2.75, 3.05) is 6.61 Å². The highest BCUT2D eigenvalue weighted by molar-refractivity contribution is 5.88. The van der Waals surface area contributed by atoms with E-state index in [-0.39, 0.29) is 24.5 Å². The quantitative estimate of drug-likeness (QED) is 0.601. The highest BCUT2D eigenvalue weighted by atomic mass is 19.4. The molecule has 5 nitrogen and oxygen atoms in total. The predicted octanol–water partition coefficient (Wildman–Crippen LogP) is 1.88. The number of rotatable bonds is 5. The molecule has 8 heteroatoms. The van der Waals surface area contributed by atoms with Crippen LogP contribution in [0, 0.1) is 6.92 Å². The largest absolute Gasteiger partial charge is 0.457 e. The van der Waals surface area contributed by atoms with Crippen molar-refractivity contribution in [2.45, 2.75) is 26.1 Å². The summed E-state index contributed by atoms with van der Waals surface area (Å²) in [5.74, 6) is -0.731. The average molecular weight is 263 g/mol. The highest BCUT2D eigenvalue weighted by Crippen LogP contribution is 2.20. The van der Waals surface area contributed by atoms with Crippen LogP contribution in [-0.2, 0) is 11.3 Å². The van der Waals surface area contributed by atoms with E-state index in [1.54, 1.807) is 0 Å². The Kier molecular flexibility index (Phi) is 4.46. The second-order valence-electron chi connectivity index (χ2n) is 3.50. The van der Waals surface area contributed by atoms with Crippen LogP contribution < -0.4 is 0 Å². The fourth-order valence-electron chi connectivity index (χ4n) is 1.20. The molecule has 0 aromatic carbocycles. The Morgan fingerprint density at radius 3 is 2.78 bits per heavy atom. The minimum Gasteiger partial charge on any atom is -0.457 e. The number of hydrogen-bond acceptors (Lipinski definition) is 4. The van der Waals surface area contributed by atoms with Crippen LogP contribution in [0.1, 0.15) is 22.6 Å². The standard InChI is InChI=1S/C10H12F3N3O2/c1-3-6-18-9(17)8-7(2)16(15-14-8)5-4-10(11,12)13/h3H,1,4-6H2,2H3. The van der Waals surface area contributed by atoms with Gasteiger partial charge in [0.15, 0.2) is 5.69 Å². The van der Waals surface area contributed by atoms with Gasteiger partial charge in [-0.05, 0) is 6.92 Å². The zero-order chi connectivity index (χ0) is 13.8. The number of nitrogens with zero attached hydrogens (tertiary/aromatic N) is 3. The molecule has 0 saturated heterocycles. The van der Waals surface area contributed by atoms with E-state index in [4.69, 9.17) is 4.74 Å². The van der Waals surface area contributed by atoms with E-state index in [9.17, 15) is 18.0 Å². The summed E-state index contributed by atoms with van der Waals surface area (Å²) in [5.41, 5.74) is 0.160. The first-order valence-corrected chi connectivity index (χ1v) is 5.10. The van der Waals surface area contributed by atoms with Crippen LogP contribution in [0.25, 0.3) is 0 Å². The lowest BCUT2D eigenvalue weighted by atomic mass is 10.3. The van der Waals surface area contributed by atoms with Gasteiger partial charge in [-0.25, -0.2) is 9.48 Å². The van der Waals surface area contributed by atoms with Crippen molar-refractivity contribution in [3.05, 3.63) is 24.0 Å². The molecule has 18 heavy (non-hydrogen) atoms. The number of aryl methyl sites for hydroxylation is 1. The SMILES string of the molecule is C=CCOC(=O)c1nnn(CCC(F)(F)F)c1C. The fourth-order valence-corrected chi connectivity index (χ4v) is 1.20. The van der Waals surface area contributed by atoms with Crippen molar-refractivity contribution < 1.29 is 22.7 Å². The molecule has 0 bridgehead atoms. The first-order valence-electron chi connectivity index (χ1n) is 5.10. The molecule has 0 N–H and O–H groups in total. The van der Waals surface area contributed by atoms with Crippen molar-refractivity contribution in [2.24, 2.45) is 0 Å². The molecule has 0 amide bonds. The second kappa shape index (κ2) is 5.65. The van der Waals surface area contributed by atoms with Crippen molar-refractivity contribution in [1.82, 2.24) is 15.0 Å². The van der Waals surface area contributed by atoms with Crippen LogP contribution in [0.3, 0.4) is 0 Å². The molecule has 0 radical (unpaired) electrons. The minimum atomic E-state index is -4.28. The molecule has 0 atom stereocenters. The molecule has 1 aromatic heterocycles. The summed E-state index contributed by atoms with van der Waals surface area (Å²) in [7, 11) is 0. The Hall–Kier alpha value is -1.86. The van der Waals surface area contributed by atoms with Gasteiger partial charge in [0, 0.05) is 0 Å². The van der Waals surface area contributed by atoms with E-state index in [1.165, 1.54) is 13.0 Å². The molecule has 0 unspecified atom stereocenters. The smallest absolute Gasteiger partial charge is 0.390 e. The summed E-state index contributed by atoms with van der Waals surface area (Å²) in [6.45, 7) is 4.46. The molecule has 0 aliphatic heterocycles. The third-order valence-electron chi connectivity index (χ3n) is 2.12. The molecule has 0 aliphatic rings. The highest BCUT2D eigenvalue weighted by Gasteiger charge is 2.28. The van der Waals surface area contributed by atoms with Crippen molar-refractivity contribution in [3.8, 4) is 0 Å². The van der Waals surface area contributed by atoms with E-state index in [0.29, 0.717) is 0 Å². The van der Waals surface area contributed by atoms with Gasteiger partial charge in [-0.15, -0.1) is 5.10 Å². The summed E-state index contributed by atoms with van der Waals surface area (Å²) in [6.07, 6.45) is -3.93. The Balaban J connectivity index is 2.71. The number of esters is 1. The van der Waals surface area contributed by atoms with Gasteiger partial charge >= 0.3 is 12.1 Å². The zero-order valence-corrected chi connectivity index (χ0v) is 9.70. The van der Waals surface area contributed by atoms with Crippen LogP contribution in [0.4, 0.5) is 13.2 Å². The van der Waals surface area contributed by atoms with Gasteiger partial charge in [-0.1, -0.05) is 17.9 Å². The van der Waals surface area contributed by atoms with Crippen LogP contribution in [-0.4, -0.2) is 33.7 Å². The zero-order valence-electron chi connectivity index (χ0n) is 9.70. The van der Waals surface area contributed by atoms with Crippen molar-refractivity contribution >= 4 is 5.97 Å². The number of carbonyl (C=O) groups excluding carboxylic acids is 1. The monoisotopic (exact) mass is 263 g/mol. The second-order valence-corrected chi connectivity index (χ2v) is 3.50. The third kappa shape index (κ3) is 3.86. The van der Waals surface area contributed by atoms with Crippen molar-refractivity contribution in [1.29, 1.82) is 0 Å². The van der Waals surface area contributed by atoms with E-state index < -0.39 is 18.6 Å². The molecule has 0 saturated carbocycles. The third-order valence-corrected chi connectivity index (χ3v) is 2.12. The number of aromatic nitrogens is 3. The Morgan fingerprint density at radius 1 is 1.56 bits per heavy atom. The van der Waals surface area contributed by atoms with Crippen molar-refractivity contribution in [3.63, 3.8) is 0 Å². The molecule has 1 rings (SSSR count). The molecule has 1 heterocycles. The maximum Gasteiger partial charge on any atom is 0.390 e. The van der Waals surface area contributed by atoms with Gasteiger partial charge in [-0.3, -0.25) is 0 Å². The molecule has 0 spiro atoms. The van der Waals surface area contributed by atoms with Crippen LogP contribution >= 0.6 is 0 Å². The predicted molar refractivity (Wildman–Crippen MR) is 55.9 cm³/mol. The Morgan fingerprint density at radius 2 is 2.22 bits per heavy atom.